The van der Waals surface area contributed by atoms with Crippen LogP contribution in [0.1, 0.15) is 25.7 Å². The number of nitrogens with zero attached hydrogens (tertiary/aromatic N) is 3. The molecule has 0 bridgehead atoms. The van der Waals surface area contributed by atoms with Crippen LogP contribution in [0.25, 0.3) is 0 Å². The first-order chi connectivity index (χ1) is 12.6. The van der Waals surface area contributed by atoms with E-state index in [2.05, 4.69) is 15.4 Å². The van der Waals surface area contributed by atoms with Gasteiger partial charge >= 0.3 is 5.97 Å². The van der Waals surface area contributed by atoms with Crippen molar-refractivity contribution < 1.29 is 19.4 Å². The van der Waals surface area contributed by atoms with Gasteiger partial charge in [0, 0.05) is 17.7 Å². The third-order valence-electron chi connectivity index (χ3n) is 4.55. The fraction of sp³-hybridized carbons (Fsp3) is 0.444. The van der Waals surface area contributed by atoms with E-state index in [1.54, 1.807) is 29.2 Å². The Hall–Kier alpha value is -2.90. The van der Waals surface area contributed by atoms with Crippen molar-refractivity contribution in [3.05, 3.63) is 36.9 Å². The molecule has 1 heterocycles. The monoisotopic (exact) mass is 358 g/mol. The van der Waals surface area contributed by atoms with Crippen molar-refractivity contribution in [1.29, 1.82) is 0 Å². The maximum Gasteiger partial charge on any atom is 0.306 e. The summed E-state index contributed by atoms with van der Waals surface area (Å²) < 4.78 is 7.35. The van der Waals surface area contributed by atoms with E-state index in [4.69, 9.17) is 9.84 Å². The van der Waals surface area contributed by atoms with Crippen molar-refractivity contribution >= 4 is 17.6 Å². The lowest BCUT2D eigenvalue weighted by Crippen LogP contribution is -2.30. The molecule has 26 heavy (non-hydrogen) atoms. The van der Waals surface area contributed by atoms with Crippen molar-refractivity contribution in [3.8, 4) is 5.75 Å². The highest BCUT2D eigenvalue weighted by molar-refractivity contribution is 5.93. The molecule has 1 aromatic heterocycles. The Kier molecular flexibility index (Phi) is 5.83. The summed E-state index contributed by atoms with van der Waals surface area (Å²) >= 11 is 0. The standard InChI is InChI=1S/C18H22N4O4/c23-17(13-3-1-4-14(9-13)18(24)25)21-15-5-2-6-16(10-15)26-8-7-22-12-19-11-20-22/h2,5-6,10-14H,1,3-4,7-9H2,(H,21,23)(H,24,25). The molecule has 1 aliphatic carbocycles. The highest BCUT2D eigenvalue weighted by atomic mass is 16.5. The average molecular weight is 358 g/mol. The van der Waals surface area contributed by atoms with Gasteiger partial charge in [-0.15, -0.1) is 0 Å². The molecule has 2 aromatic rings. The molecule has 0 saturated heterocycles. The summed E-state index contributed by atoms with van der Waals surface area (Å²) in [4.78, 5) is 27.5. The van der Waals surface area contributed by atoms with E-state index >= 15 is 0 Å². The number of carbonyl (C=O) groups is 2. The molecule has 1 fully saturated rings. The Morgan fingerprint density at radius 1 is 1.31 bits per heavy atom. The quantitative estimate of drug-likeness (QED) is 0.786. The van der Waals surface area contributed by atoms with E-state index in [9.17, 15) is 9.59 Å². The van der Waals surface area contributed by atoms with Crippen LogP contribution >= 0.6 is 0 Å². The van der Waals surface area contributed by atoms with E-state index < -0.39 is 11.9 Å². The van der Waals surface area contributed by atoms with Crippen LogP contribution in [0.4, 0.5) is 5.69 Å². The van der Waals surface area contributed by atoms with Crippen LogP contribution in [0.2, 0.25) is 0 Å². The zero-order valence-electron chi connectivity index (χ0n) is 14.4. The lowest BCUT2D eigenvalue weighted by atomic mass is 9.81. The lowest BCUT2D eigenvalue weighted by molar-refractivity contribution is -0.143. The molecule has 1 saturated carbocycles. The predicted octanol–water partition coefficient (Wildman–Crippen LogP) is 2.19. The molecule has 1 aromatic carbocycles. The number of amides is 1. The second kappa shape index (κ2) is 8.46. The van der Waals surface area contributed by atoms with Crippen LogP contribution < -0.4 is 10.1 Å². The van der Waals surface area contributed by atoms with Gasteiger partial charge in [0.05, 0.1) is 12.5 Å². The number of nitrogens with one attached hydrogen (secondary N) is 1. The maximum atomic E-state index is 12.5. The largest absolute Gasteiger partial charge is 0.492 e. The second-order valence-corrected chi connectivity index (χ2v) is 6.42. The van der Waals surface area contributed by atoms with Gasteiger partial charge < -0.3 is 15.2 Å². The Bertz CT molecular complexity index is 747. The van der Waals surface area contributed by atoms with Gasteiger partial charge in [-0.2, -0.15) is 5.10 Å². The first-order valence-electron chi connectivity index (χ1n) is 8.71. The van der Waals surface area contributed by atoms with Gasteiger partial charge in [0.25, 0.3) is 0 Å². The summed E-state index contributed by atoms with van der Waals surface area (Å²) in [5, 5.41) is 16.0. The number of carboxylic acid groups (broad SMARTS) is 1. The summed E-state index contributed by atoms with van der Waals surface area (Å²) in [6, 6.07) is 7.18. The minimum atomic E-state index is -0.815. The van der Waals surface area contributed by atoms with Gasteiger partial charge in [-0.3, -0.25) is 9.59 Å². The van der Waals surface area contributed by atoms with Gasteiger partial charge in [0.15, 0.2) is 0 Å². The number of benzene rings is 1. The number of carboxylic acids is 1. The fourth-order valence-corrected chi connectivity index (χ4v) is 3.17. The van der Waals surface area contributed by atoms with E-state index in [-0.39, 0.29) is 11.8 Å². The lowest BCUT2D eigenvalue weighted by Gasteiger charge is -2.25. The maximum absolute atomic E-state index is 12.5. The molecule has 2 N–H and O–H groups in total. The molecular formula is C18H22N4O4. The number of aliphatic carboxylic acids is 1. The second-order valence-electron chi connectivity index (χ2n) is 6.42. The summed E-state index contributed by atoms with van der Waals surface area (Å²) in [6.07, 6.45) is 5.62. The molecule has 1 aliphatic rings. The van der Waals surface area contributed by atoms with Crippen molar-refractivity contribution in [2.45, 2.75) is 32.2 Å². The van der Waals surface area contributed by atoms with Crippen molar-refractivity contribution in [3.63, 3.8) is 0 Å². The summed E-state index contributed by atoms with van der Waals surface area (Å²) in [6.45, 7) is 1.01. The zero-order chi connectivity index (χ0) is 18.4. The molecule has 2 unspecified atom stereocenters. The predicted molar refractivity (Wildman–Crippen MR) is 93.7 cm³/mol. The van der Waals surface area contributed by atoms with E-state index in [1.807, 2.05) is 6.07 Å². The van der Waals surface area contributed by atoms with E-state index in [0.717, 1.165) is 12.8 Å². The molecule has 2 atom stereocenters. The zero-order valence-corrected chi connectivity index (χ0v) is 14.4. The topological polar surface area (TPSA) is 106 Å². The van der Waals surface area contributed by atoms with Crippen LogP contribution in [0.5, 0.6) is 5.75 Å². The Labute approximate surface area is 151 Å². The molecule has 8 heteroatoms. The van der Waals surface area contributed by atoms with Crippen LogP contribution in [0, 0.1) is 11.8 Å². The normalized spacial score (nSPS) is 19.7. The number of hydrogen-bond acceptors (Lipinski definition) is 5. The van der Waals surface area contributed by atoms with Crippen LogP contribution in [-0.4, -0.2) is 38.4 Å². The molecule has 0 spiro atoms. The SMILES string of the molecule is O=C(O)C1CCCC(C(=O)Nc2cccc(OCCn3cncn3)c2)C1. The highest BCUT2D eigenvalue weighted by Crippen LogP contribution is 2.30. The molecule has 1 amide bonds. The number of aromatic nitrogens is 3. The minimum Gasteiger partial charge on any atom is -0.492 e. The fourth-order valence-electron chi connectivity index (χ4n) is 3.17. The van der Waals surface area contributed by atoms with Crippen LogP contribution in [0.15, 0.2) is 36.9 Å². The van der Waals surface area contributed by atoms with E-state index in [1.165, 1.54) is 6.33 Å². The van der Waals surface area contributed by atoms with Gasteiger partial charge in [-0.05, 0) is 31.4 Å². The number of anilines is 1. The van der Waals surface area contributed by atoms with Crippen molar-refractivity contribution in [1.82, 2.24) is 14.8 Å². The summed E-state index contributed by atoms with van der Waals surface area (Å²) in [5.41, 5.74) is 0.644. The first-order valence-corrected chi connectivity index (χ1v) is 8.71. The van der Waals surface area contributed by atoms with Gasteiger partial charge in [-0.1, -0.05) is 12.5 Å². The smallest absolute Gasteiger partial charge is 0.306 e. The van der Waals surface area contributed by atoms with Crippen molar-refractivity contribution in [2.24, 2.45) is 11.8 Å². The molecular weight excluding hydrogens is 336 g/mol. The summed E-state index contributed by atoms with van der Waals surface area (Å²) in [7, 11) is 0. The average Bonchev–Trinajstić information content (AvgIpc) is 3.15. The molecule has 3 rings (SSSR count). The molecule has 8 nitrogen and oxygen atoms in total. The van der Waals surface area contributed by atoms with Crippen molar-refractivity contribution in [2.75, 3.05) is 11.9 Å². The van der Waals surface area contributed by atoms with Crippen LogP contribution in [0.3, 0.4) is 0 Å². The first kappa shape index (κ1) is 17.9. The molecule has 0 aliphatic heterocycles. The van der Waals surface area contributed by atoms with E-state index in [0.29, 0.717) is 37.4 Å². The number of hydrogen-bond donors (Lipinski definition) is 2. The molecule has 0 radical (unpaired) electrons. The van der Waals surface area contributed by atoms with Crippen LogP contribution in [-0.2, 0) is 16.1 Å². The molecule has 138 valence electrons. The Morgan fingerprint density at radius 3 is 2.92 bits per heavy atom. The number of rotatable bonds is 7. The van der Waals surface area contributed by atoms with Gasteiger partial charge in [-0.25, -0.2) is 9.67 Å². The van der Waals surface area contributed by atoms with Gasteiger partial charge in [0.2, 0.25) is 5.91 Å². The number of ether oxygens (including phenoxy) is 1. The third-order valence-corrected chi connectivity index (χ3v) is 4.55. The Morgan fingerprint density at radius 2 is 2.15 bits per heavy atom. The highest BCUT2D eigenvalue weighted by Gasteiger charge is 2.31. The van der Waals surface area contributed by atoms with Gasteiger partial charge in [0.1, 0.15) is 25.0 Å². The minimum absolute atomic E-state index is 0.129. The third kappa shape index (κ3) is 4.81. The summed E-state index contributed by atoms with van der Waals surface area (Å²) in [5.74, 6) is -0.983. The Balaban J connectivity index is 1.52. The number of carbonyl (C=O) groups excluding carboxylic acids is 1.